The molecule has 3 aromatic rings. The van der Waals surface area contributed by atoms with Gasteiger partial charge in [0.1, 0.15) is 0 Å². The zero-order valence-electron chi connectivity index (χ0n) is 21.7. The van der Waals surface area contributed by atoms with Crippen LogP contribution in [0.2, 0.25) is 0 Å². The molecule has 2 aromatic heterocycles. The van der Waals surface area contributed by atoms with Gasteiger partial charge in [0.2, 0.25) is 0 Å². The number of benzene rings is 1. The molecule has 0 amide bonds. The van der Waals surface area contributed by atoms with Gasteiger partial charge in [0.25, 0.3) is 11.1 Å². The number of aryl methyl sites for hydroxylation is 1. The highest BCUT2D eigenvalue weighted by atomic mass is 32.1. The van der Waals surface area contributed by atoms with Crippen LogP contribution in [0.3, 0.4) is 0 Å². The Hall–Kier alpha value is -2.39. The Morgan fingerprint density at radius 3 is 2.76 bits per heavy atom. The first-order chi connectivity index (χ1) is 17.8. The highest BCUT2D eigenvalue weighted by Crippen LogP contribution is 2.35. The zero-order valence-corrected chi connectivity index (χ0v) is 22.5. The largest absolute Gasteiger partial charge is 0.464 e. The number of hydrogen-bond donors (Lipinski definition) is 0. The summed E-state index contributed by atoms with van der Waals surface area (Å²) in [5.41, 5.74) is 2.82. The van der Waals surface area contributed by atoms with Crippen LogP contribution in [0.25, 0.3) is 10.9 Å². The molecule has 0 radical (unpaired) electrons. The molecule has 1 saturated carbocycles. The topological polar surface area (TPSA) is 60.2 Å². The van der Waals surface area contributed by atoms with Crippen molar-refractivity contribution in [1.82, 2.24) is 19.7 Å². The smallest absolute Gasteiger partial charge is 0.278 e. The number of fused-ring (bicyclic) bond motifs is 2. The number of ether oxygens (including phenoxy) is 1. The van der Waals surface area contributed by atoms with Crippen LogP contribution in [0.5, 0.6) is 5.19 Å². The van der Waals surface area contributed by atoms with E-state index >= 15 is 0 Å². The average molecular weight is 531 g/mol. The van der Waals surface area contributed by atoms with Gasteiger partial charge >= 0.3 is 0 Å². The highest BCUT2D eigenvalue weighted by molar-refractivity contribution is 7.13. The molecule has 0 spiro atoms. The molecule has 0 N–H and O–H groups in total. The molecule has 0 unspecified atom stereocenters. The van der Waals surface area contributed by atoms with Gasteiger partial charge in [-0.15, -0.1) is 0 Å². The number of thiazole rings is 1. The molecule has 1 aliphatic heterocycles. The van der Waals surface area contributed by atoms with Crippen LogP contribution < -0.4 is 4.74 Å². The number of rotatable bonds is 10. The second kappa shape index (κ2) is 11.2. The number of carbonyl (C=O) groups is 1. The van der Waals surface area contributed by atoms with Crippen LogP contribution in [-0.4, -0.2) is 51.1 Å². The Morgan fingerprint density at radius 2 is 2.00 bits per heavy atom. The molecule has 5 rings (SSSR count). The van der Waals surface area contributed by atoms with E-state index in [1.807, 2.05) is 29.1 Å². The summed E-state index contributed by atoms with van der Waals surface area (Å²) in [6, 6.07) is 5.94. The summed E-state index contributed by atoms with van der Waals surface area (Å²) in [6.45, 7) is 5.85. The number of alkyl halides is 2. The molecule has 9 heteroatoms. The van der Waals surface area contributed by atoms with Crippen LogP contribution in [-0.2, 0) is 19.5 Å². The van der Waals surface area contributed by atoms with Gasteiger partial charge in [-0.1, -0.05) is 36.3 Å². The minimum Gasteiger partial charge on any atom is -0.464 e. The third-order valence-electron chi connectivity index (χ3n) is 7.82. The fraction of sp³-hybridized carbons (Fsp3) is 0.607. The zero-order chi connectivity index (χ0) is 26.0. The van der Waals surface area contributed by atoms with Crippen molar-refractivity contribution in [2.24, 2.45) is 11.8 Å². The molecule has 1 fully saturated rings. The summed E-state index contributed by atoms with van der Waals surface area (Å²) >= 11 is 1.40. The van der Waals surface area contributed by atoms with Crippen LogP contribution in [0.15, 0.2) is 24.4 Å². The summed E-state index contributed by atoms with van der Waals surface area (Å²) in [4.78, 5) is 21.2. The van der Waals surface area contributed by atoms with E-state index in [-0.39, 0.29) is 5.78 Å². The lowest BCUT2D eigenvalue weighted by molar-refractivity contribution is -0.0230. The first-order valence-corrected chi connectivity index (χ1v) is 14.3. The maximum absolute atomic E-state index is 13.1. The second-order valence-electron chi connectivity index (χ2n) is 10.7. The number of hydrogen-bond acceptors (Lipinski definition) is 6. The van der Waals surface area contributed by atoms with E-state index < -0.39 is 12.5 Å². The van der Waals surface area contributed by atoms with E-state index in [0.717, 1.165) is 85.8 Å². The summed E-state index contributed by atoms with van der Waals surface area (Å²) in [7, 11) is 0. The van der Waals surface area contributed by atoms with E-state index in [4.69, 9.17) is 4.74 Å². The Bertz CT molecular complexity index is 1230. The number of nitrogens with zero attached hydrogens (tertiary/aromatic N) is 4. The molecule has 1 aliphatic carbocycles. The van der Waals surface area contributed by atoms with Gasteiger partial charge in [-0.2, -0.15) is 5.10 Å². The van der Waals surface area contributed by atoms with Gasteiger partial charge in [0, 0.05) is 48.8 Å². The lowest BCUT2D eigenvalue weighted by atomic mass is 9.78. The van der Waals surface area contributed by atoms with Crippen LogP contribution >= 0.6 is 11.3 Å². The Labute approximate surface area is 221 Å². The maximum Gasteiger partial charge on any atom is 0.278 e. The Balaban J connectivity index is 1.06. The normalized spacial score (nSPS) is 20.8. The number of Topliss-reactive ketones (excluding diaryl/α,β-unsaturated/α-hetero) is 1. The molecule has 0 bridgehead atoms. The molecular formula is C28H36F2N4O2S. The number of ketones is 1. The summed E-state index contributed by atoms with van der Waals surface area (Å²) in [6.07, 6.45) is 9.08. The van der Waals surface area contributed by atoms with E-state index in [0.29, 0.717) is 23.5 Å². The standard InChI is InChI=1S/C28H36F2N4O2S/c1-3-34-24-6-4-5-21(22(24)16-31-34)25(35)15-20-9-7-19(8-10-20)11-13-33-14-12-26-23(17-33)32-27(37-26)36-18-28(2,29)30/h4-6,16,19-20H,3,7-15,17-18H2,1-2H3. The molecule has 3 heterocycles. The second-order valence-corrected chi connectivity index (χ2v) is 11.8. The maximum atomic E-state index is 13.1. The van der Waals surface area contributed by atoms with Crippen LogP contribution in [0.1, 0.15) is 73.3 Å². The first-order valence-electron chi connectivity index (χ1n) is 13.5. The molecule has 2 aliphatic rings. The highest BCUT2D eigenvalue weighted by Gasteiger charge is 2.27. The molecule has 0 saturated heterocycles. The van der Waals surface area contributed by atoms with Crippen molar-refractivity contribution >= 4 is 28.0 Å². The van der Waals surface area contributed by atoms with Gasteiger partial charge in [0.05, 0.1) is 17.4 Å². The summed E-state index contributed by atoms with van der Waals surface area (Å²) < 4.78 is 33.3. The van der Waals surface area contributed by atoms with Crippen molar-refractivity contribution in [1.29, 1.82) is 0 Å². The third kappa shape index (κ3) is 6.37. The van der Waals surface area contributed by atoms with E-state index in [2.05, 4.69) is 21.9 Å². The van der Waals surface area contributed by atoms with Gasteiger partial charge in [-0.3, -0.25) is 14.4 Å². The minimum absolute atomic E-state index is 0.239. The minimum atomic E-state index is -2.85. The van der Waals surface area contributed by atoms with Crippen LogP contribution in [0.4, 0.5) is 8.78 Å². The van der Waals surface area contributed by atoms with Gasteiger partial charge < -0.3 is 4.74 Å². The lowest BCUT2D eigenvalue weighted by Crippen LogP contribution is -2.32. The Kier molecular flexibility index (Phi) is 7.91. The van der Waals surface area contributed by atoms with E-state index in [1.54, 1.807) is 0 Å². The SMILES string of the molecule is CCn1ncc2c(C(=O)CC3CCC(CCN4CCc5sc(OCC(C)(F)F)nc5C4)CC3)cccc21. The van der Waals surface area contributed by atoms with Crippen molar-refractivity contribution < 1.29 is 18.3 Å². The fourth-order valence-electron chi connectivity index (χ4n) is 5.73. The molecule has 6 nitrogen and oxygen atoms in total. The summed E-state index contributed by atoms with van der Waals surface area (Å²) in [5.74, 6) is -1.46. The van der Waals surface area contributed by atoms with Gasteiger partial charge in [-0.25, -0.2) is 13.8 Å². The quantitative estimate of drug-likeness (QED) is 0.285. The molecular weight excluding hydrogens is 494 g/mol. The first kappa shape index (κ1) is 26.2. The van der Waals surface area contributed by atoms with E-state index in [1.165, 1.54) is 24.2 Å². The number of halogens is 2. The van der Waals surface area contributed by atoms with Gasteiger partial charge in [0.15, 0.2) is 12.4 Å². The fourth-order valence-corrected chi connectivity index (χ4v) is 6.64. The monoisotopic (exact) mass is 530 g/mol. The molecule has 0 atom stereocenters. The van der Waals surface area contributed by atoms with Crippen LogP contribution in [0, 0.1) is 11.8 Å². The van der Waals surface area contributed by atoms with Crippen molar-refractivity contribution in [2.75, 3.05) is 19.7 Å². The predicted octanol–water partition coefficient (Wildman–Crippen LogP) is 6.37. The average Bonchev–Trinajstić information content (AvgIpc) is 3.49. The van der Waals surface area contributed by atoms with Gasteiger partial charge in [-0.05, 0) is 57.1 Å². The number of aromatic nitrogens is 3. The Morgan fingerprint density at radius 1 is 1.22 bits per heavy atom. The lowest BCUT2D eigenvalue weighted by Gasteiger charge is -2.31. The molecule has 37 heavy (non-hydrogen) atoms. The number of carbonyl (C=O) groups excluding carboxylic acids is 1. The molecule has 200 valence electrons. The third-order valence-corrected chi connectivity index (χ3v) is 8.89. The van der Waals surface area contributed by atoms with Crippen molar-refractivity contribution in [2.45, 2.75) is 77.8 Å². The molecule has 1 aromatic carbocycles. The van der Waals surface area contributed by atoms with Crippen molar-refractivity contribution in [3.8, 4) is 5.19 Å². The van der Waals surface area contributed by atoms with Crippen molar-refractivity contribution in [3.05, 3.63) is 40.5 Å². The predicted molar refractivity (Wildman–Crippen MR) is 142 cm³/mol. The van der Waals surface area contributed by atoms with E-state index in [9.17, 15) is 13.6 Å². The van der Waals surface area contributed by atoms with Crippen molar-refractivity contribution in [3.63, 3.8) is 0 Å². The summed E-state index contributed by atoms with van der Waals surface area (Å²) in [5, 5.41) is 5.75.